The van der Waals surface area contributed by atoms with E-state index in [2.05, 4.69) is 4.74 Å². The Morgan fingerprint density at radius 2 is 1.92 bits per heavy atom. The van der Waals surface area contributed by atoms with Gasteiger partial charge in [-0.25, -0.2) is 9.59 Å². The van der Waals surface area contributed by atoms with Gasteiger partial charge in [0, 0.05) is 6.20 Å². The second-order valence-corrected chi connectivity index (χ2v) is 5.99. The van der Waals surface area contributed by atoms with Gasteiger partial charge in [-0.15, -0.1) is 0 Å². The average Bonchev–Trinajstić information content (AvgIpc) is 2.92. The normalized spacial score (nSPS) is 10.1. The van der Waals surface area contributed by atoms with Crippen LogP contribution < -0.4 is 5.73 Å². The van der Waals surface area contributed by atoms with E-state index in [1.165, 1.54) is 31.0 Å². The number of carbonyl (C=O) groups excluding carboxylic acids is 2. The van der Waals surface area contributed by atoms with E-state index in [0.29, 0.717) is 9.26 Å². The molecule has 0 atom stereocenters. The van der Waals surface area contributed by atoms with Gasteiger partial charge in [0.25, 0.3) is 0 Å². The Hall–Kier alpha value is -2.25. The van der Waals surface area contributed by atoms with Crippen molar-refractivity contribution in [2.45, 2.75) is 0 Å². The lowest BCUT2D eigenvalue weighted by Crippen LogP contribution is -2.12. The summed E-state index contributed by atoms with van der Waals surface area (Å²) in [6.45, 7) is 0. The molecule has 24 heavy (non-hydrogen) atoms. The van der Waals surface area contributed by atoms with Gasteiger partial charge in [0.05, 0.1) is 45.3 Å². The van der Waals surface area contributed by atoms with Crippen molar-refractivity contribution in [3.05, 3.63) is 43.7 Å². The van der Waals surface area contributed by atoms with Crippen molar-refractivity contribution in [3.63, 3.8) is 0 Å². The van der Waals surface area contributed by atoms with Gasteiger partial charge in [0.15, 0.2) is 5.69 Å². The Balaban J connectivity index is 2.74. The molecular formula is C15H11ClIN3O4. The second-order valence-electron chi connectivity index (χ2n) is 4.53. The first-order valence-corrected chi connectivity index (χ1v) is 7.88. The van der Waals surface area contributed by atoms with Gasteiger partial charge in [-0.1, -0.05) is 11.6 Å². The maximum absolute atomic E-state index is 12.0. The zero-order chi connectivity index (χ0) is 18.0. The van der Waals surface area contributed by atoms with Crippen molar-refractivity contribution < 1.29 is 19.1 Å². The van der Waals surface area contributed by atoms with E-state index in [9.17, 15) is 9.59 Å². The summed E-state index contributed by atoms with van der Waals surface area (Å²) in [7, 11) is 2.46. The fraction of sp³-hybridized carbons (Fsp3) is 0.133. The van der Waals surface area contributed by atoms with E-state index >= 15 is 0 Å². The number of halogens is 2. The number of hydrogen-bond donors (Lipinski definition) is 1. The van der Waals surface area contributed by atoms with Crippen LogP contribution >= 0.6 is 34.2 Å². The lowest BCUT2D eigenvalue weighted by atomic mass is 10.2. The largest absolute Gasteiger partial charge is 0.465 e. The average molecular weight is 460 g/mol. The Bertz CT molecular complexity index is 886. The van der Waals surface area contributed by atoms with Crippen molar-refractivity contribution >= 4 is 51.8 Å². The van der Waals surface area contributed by atoms with Gasteiger partial charge in [-0.3, -0.25) is 0 Å². The summed E-state index contributed by atoms with van der Waals surface area (Å²) >= 11 is 8.17. The van der Waals surface area contributed by atoms with E-state index < -0.39 is 11.9 Å². The minimum atomic E-state index is -0.696. The molecule has 0 bridgehead atoms. The maximum atomic E-state index is 12.0. The number of carbonyl (C=O) groups is 2. The fourth-order valence-corrected chi connectivity index (χ4v) is 3.06. The molecule has 1 aromatic carbocycles. The molecule has 0 aliphatic rings. The van der Waals surface area contributed by atoms with Crippen LogP contribution in [0.25, 0.3) is 5.69 Å². The number of benzene rings is 1. The quantitative estimate of drug-likeness (QED) is 0.559. The molecule has 124 valence electrons. The topological polar surface area (TPSA) is 107 Å². The molecule has 0 amide bonds. The summed E-state index contributed by atoms with van der Waals surface area (Å²) in [6, 6.07) is 4.96. The van der Waals surface area contributed by atoms with Crippen LogP contribution in [0.1, 0.15) is 26.4 Å². The van der Waals surface area contributed by atoms with Crippen LogP contribution in [-0.4, -0.2) is 30.7 Å². The molecular weight excluding hydrogens is 449 g/mol. The van der Waals surface area contributed by atoms with Crippen LogP contribution in [0.5, 0.6) is 0 Å². The highest BCUT2D eigenvalue weighted by atomic mass is 127. The summed E-state index contributed by atoms with van der Waals surface area (Å²) in [5.41, 5.74) is 6.66. The van der Waals surface area contributed by atoms with Crippen molar-refractivity contribution in [2.24, 2.45) is 0 Å². The SMILES string of the molecule is COC(=O)c1ccc(-n2cc(C#N)c(N)c2C(=O)OC)c(I)c1Cl. The summed E-state index contributed by atoms with van der Waals surface area (Å²) in [6.07, 6.45) is 1.41. The molecule has 0 aliphatic heterocycles. The standard InChI is InChI=1S/C15H11ClIN3O4/c1-23-14(21)8-3-4-9(11(17)10(8)16)20-6-7(5-18)12(19)13(20)15(22)24-2/h3-4,6H,19H2,1-2H3. The van der Waals surface area contributed by atoms with E-state index in [-0.39, 0.29) is 27.5 Å². The van der Waals surface area contributed by atoms with Crippen molar-refractivity contribution in [3.8, 4) is 11.8 Å². The Kier molecular flexibility index (Phi) is 5.36. The Labute approximate surface area is 156 Å². The molecule has 0 saturated carbocycles. The van der Waals surface area contributed by atoms with Crippen LogP contribution in [0, 0.1) is 14.9 Å². The minimum absolute atomic E-state index is 0.00770. The number of anilines is 1. The smallest absolute Gasteiger partial charge is 0.357 e. The summed E-state index contributed by atoms with van der Waals surface area (Å²) in [5.74, 6) is -1.28. The number of nitrogen functional groups attached to an aromatic ring is 1. The third-order valence-electron chi connectivity index (χ3n) is 3.27. The highest BCUT2D eigenvalue weighted by Crippen LogP contribution is 2.32. The molecule has 9 heteroatoms. The number of esters is 2. The molecule has 1 heterocycles. The third-order valence-corrected chi connectivity index (χ3v) is 5.07. The lowest BCUT2D eigenvalue weighted by Gasteiger charge is -2.13. The van der Waals surface area contributed by atoms with Gasteiger partial charge < -0.3 is 19.8 Å². The van der Waals surface area contributed by atoms with Crippen molar-refractivity contribution in [1.29, 1.82) is 5.26 Å². The number of nitrogens with two attached hydrogens (primary N) is 1. The van der Waals surface area contributed by atoms with Crippen LogP contribution in [0.15, 0.2) is 18.3 Å². The molecule has 7 nitrogen and oxygen atoms in total. The van der Waals surface area contributed by atoms with Gasteiger partial charge in [0.1, 0.15) is 6.07 Å². The second kappa shape index (κ2) is 7.11. The minimum Gasteiger partial charge on any atom is -0.465 e. The predicted octanol–water partition coefficient (Wildman–Crippen LogP) is 2.76. The molecule has 0 spiro atoms. The lowest BCUT2D eigenvalue weighted by molar-refractivity contribution is 0.0586. The first-order chi connectivity index (χ1) is 11.4. The van der Waals surface area contributed by atoms with E-state index in [1.54, 1.807) is 6.07 Å². The number of methoxy groups -OCH3 is 2. The maximum Gasteiger partial charge on any atom is 0.357 e. The monoisotopic (exact) mass is 459 g/mol. The van der Waals surface area contributed by atoms with E-state index in [4.69, 9.17) is 27.3 Å². The van der Waals surface area contributed by atoms with Crippen molar-refractivity contribution in [1.82, 2.24) is 4.57 Å². The Morgan fingerprint density at radius 1 is 1.29 bits per heavy atom. The summed E-state index contributed by atoms with van der Waals surface area (Å²) < 4.78 is 11.3. The van der Waals surface area contributed by atoms with Gasteiger partial charge >= 0.3 is 11.9 Å². The molecule has 0 saturated heterocycles. The summed E-state index contributed by atoms with van der Waals surface area (Å²) in [4.78, 5) is 23.7. The highest BCUT2D eigenvalue weighted by Gasteiger charge is 2.24. The third kappa shape index (κ3) is 2.92. The molecule has 1 aromatic heterocycles. The molecule has 2 rings (SSSR count). The number of aromatic nitrogens is 1. The zero-order valence-corrected chi connectivity index (χ0v) is 15.5. The fourth-order valence-electron chi connectivity index (χ4n) is 2.10. The van der Waals surface area contributed by atoms with Crippen LogP contribution in [0.4, 0.5) is 5.69 Å². The number of rotatable bonds is 3. The molecule has 0 unspecified atom stereocenters. The predicted molar refractivity (Wildman–Crippen MR) is 95.3 cm³/mol. The zero-order valence-electron chi connectivity index (χ0n) is 12.6. The first kappa shape index (κ1) is 18.1. The highest BCUT2D eigenvalue weighted by molar-refractivity contribution is 14.1. The van der Waals surface area contributed by atoms with Gasteiger partial charge in [0.2, 0.25) is 0 Å². The van der Waals surface area contributed by atoms with Gasteiger partial charge in [-0.2, -0.15) is 5.26 Å². The van der Waals surface area contributed by atoms with Crippen LogP contribution in [0.2, 0.25) is 5.02 Å². The molecule has 0 radical (unpaired) electrons. The van der Waals surface area contributed by atoms with Crippen molar-refractivity contribution in [2.75, 3.05) is 20.0 Å². The molecule has 0 aliphatic carbocycles. The molecule has 0 fully saturated rings. The number of nitrogens with zero attached hydrogens (tertiary/aromatic N) is 2. The number of ether oxygens (including phenoxy) is 2. The Morgan fingerprint density at radius 3 is 2.46 bits per heavy atom. The molecule has 2 N–H and O–H groups in total. The first-order valence-electron chi connectivity index (χ1n) is 6.43. The number of hydrogen-bond acceptors (Lipinski definition) is 6. The van der Waals surface area contributed by atoms with E-state index in [1.807, 2.05) is 28.7 Å². The summed E-state index contributed by atoms with van der Waals surface area (Å²) in [5, 5.41) is 9.31. The number of nitriles is 1. The van der Waals surface area contributed by atoms with Crippen LogP contribution in [-0.2, 0) is 9.47 Å². The van der Waals surface area contributed by atoms with Gasteiger partial charge in [-0.05, 0) is 34.7 Å². The van der Waals surface area contributed by atoms with Crippen LogP contribution in [0.3, 0.4) is 0 Å². The van der Waals surface area contributed by atoms with E-state index in [0.717, 1.165) is 0 Å². The molecule has 2 aromatic rings.